The molecule has 0 saturated heterocycles. The first kappa shape index (κ1) is 32.6. The van der Waals surface area contributed by atoms with Gasteiger partial charge in [-0.2, -0.15) is 96.1 Å². The maximum Gasteiger partial charge on any atom is 4.00 e. The van der Waals surface area contributed by atoms with Gasteiger partial charge in [-0.3, -0.25) is 0 Å². The van der Waals surface area contributed by atoms with E-state index in [1.807, 2.05) is 91.0 Å². The molecule has 0 amide bonds. The molecule has 0 saturated carbocycles. The molecular weight excluding hydrogens is 496 g/mol. The fourth-order valence-corrected chi connectivity index (χ4v) is 5.78. The third-order valence-corrected chi connectivity index (χ3v) is 7.39. The summed E-state index contributed by atoms with van der Waals surface area (Å²) in [6.45, 7) is 20.9. The average Bonchev–Trinajstić information content (AvgIpc) is 3.15. The molecule has 1 aliphatic carbocycles. The second-order valence-electron chi connectivity index (χ2n) is 10.7. The Labute approximate surface area is 243 Å². The van der Waals surface area contributed by atoms with E-state index in [1.54, 1.807) is 22.3 Å². The van der Waals surface area contributed by atoms with Crippen LogP contribution < -0.4 is 0 Å². The van der Waals surface area contributed by atoms with Gasteiger partial charge in [0.2, 0.25) is 0 Å². The summed E-state index contributed by atoms with van der Waals surface area (Å²) in [5.74, 6) is 0. The van der Waals surface area contributed by atoms with E-state index in [1.165, 1.54) is 31.7 Å². The van der Waals surface area contributed by atoms with Gasteiger partial charge in [-0.25, -0.2) is 6.07 Å². The zero-order valence-corrected chi connectivity index (χ0v) is 26.0. The smallest absolute Gasteiger partial charge is 0.207 e. The minimum atomic E-state index is -0.952. The molecule has 0 nitrogen and oxygen atoms in total. The largest absolute Gasteiger partial charge is 4.00 e. The first-order valence-corrected chi connectivity index (χ1v) is 16.7. The summed E-state index contributed by atoms with van der Waals surface area (Å²) >= 11 is 0. The van der Waals surface area contributed by atoms with Crippen LogP contribution >= 0.6 is 0 Å². The fraction of sp³-hybridized carbons (Fsp3) is 0.257. The van der Waals surface area contributed by atoms with Crippen LogP contribution in [0.5, 0.6) is 0 Å². The van der Waals surface area contributed by atoms with Gasteiger partial charge in [-0.15, -0.1) is 36.4 Å². The van der Waals surface area contributed by atoms with E-state index >= 15 is 0 Å². The van der Waals surface area contributed by atoms with Gasteiger partial charge in [0.25, 0.3) is 0 Å². The van der Waals surface area contributed by atoms with Crippen molar-refractivity contribution >= 4 is 8.07 Å². The molecule has 0 fully saturated rings. The maximum absolute atomic E-state index is 3.72. The van der Waals surface area contributed by atoms with Crippen LogP contribution in [0.4, 0.5) is 0 Å². The molecule has 0 bridgehead atoms. The predicted molar refractivity (Wildman–Crippen MR) is 163 cm³/mol. The molecule has 4 aromatic rings. The molecule has 37 heavy (non-hydrogen) atoms. The Bertz CT molecular complexity index is 1020. The predicted octanol–water partition coefficient (Wildman–Crippen LogP) is 9.62. The van der Waals surface area contributed by atoms with Crippen LogP contribution in [0.3, 0.4) is 0 Å². The third kappa shape index (κ3) is 13.6. The molecule has 0 N–H and O–H groups in total. The number of aryl methyl sites for hydroxylation is 2. The third-order valence-electron chi connectivity index (χ3n) is 5.98. The van der Waals surface area contributed by atoms with Crippen molar-refractivity contribution in [2.45, 2.75) is 58.3 Å². The summed E-state index contributed by atoms with van der Waals surface area (Å²) in [6.07, 6.45) is 5.50. The first-order valence-electron chi connectivity index (χ1n) is 13.0. The van der Waals surface area contributed by atoms with Crippen molar-refractivity contribution in [2.75, 3.05) is 0 Å². The molecule has 1 aliphatic rings. The molecule has 2 heteroatoms. The van der Waals surface area contributed by atoms with Gasteiger partial charge in [0.1, 0.15) is 0 Å². The average molecular weight is 541 g/mol. The van der Waals surface area contributed by atoms with Crippen LogP contribution in [0.2, 0.25) is 19.6 Å². The molecule has 0 spiro atoms. The molecule has 192 valence electrons. The Hall–Kier alpha value is -2.45. The SMILES string of the molecule is Cc1cc2c([c-]1C[Si](C)(C)C)CCCC2.[CH2-]c1ccccc1.[CH2-]c1ccccc1.[CH2-]c1ccccc1.[Ti+4]. The number of fused-ring (bicyclic) bond motifs is 1. The second-order valence-corrected chi connectivity index (χ2v) is 16.2. The number of hydrogen-bond donors (Lipinski definition) is 0. The standard InChI is InChI=1S/C14H23Si.3C7H7.Ti/c1-11-9-12-7-5-6-8-13(12)14(11)10-15(2,3)4;3*1-7-5-3-2-4-6-7;/h9H,5-8,10H2,1-4H3;3*2-6H,1H2;/q4*-1;+4. The van der Waals surface area contributed by atoms with Gasteiger partial charge in [0.15, 0.2) is 0 Å². The Balaban J connectivity index is 0.000000264. The van der Waals surface area contributed by atoms with Crippen molar-refractivity contribution in [3.63, 3.8) is 0 Å². The summed E-state index contributed by atoms with van der Waals surface area (Å²) in [6, 6.07) is 33.5. The van der Waals surface area contributed by atoms with Gasteiger partial charge >= 0.3 is 21.7 Å². The zero-order valence-electron chi connectivity index (χ0n) is 23.4. The Kier molecular flexibility index (Phi) is 15.1. The Morgan fingerprint density at radius 1 is 0.649 bits per heavy atom. The molecule has 0 atom stereocenters. The molecule has 4 aromatic carbocycles. The molecule has 0 radical (unpaired) electrons. The molecular formula is C35H44SiTi. The Morgan fingerprint density at radius 2 is 1.03 bits per heavy atom. The molecule has 0 aliphatic heterocycles. The summed E-state index contributed by atoms with van der Waals surface area (Å²) in [5.41, 5.74) is 9.92. The van der Waals surface area contributed by atoms with Gasteiger partial charge in [-0.05, 0) is 0 Å². The van der Waals surface area contributed by atoms with E-state index in [9.17, 15) is 0 Å². The van der Waals surface area contributed by atoms with E-state index < -0.39 is 8.07 Å². The molecule has 0 heterocycles. The normalized spacial score (nSPS) is 11.6. The van der Waals surface area contributed by atoms with Crippen LogP contribution in [0.25, 0.3) is 0 Å². The molecule has 0 aromatic heterocycles. The van der Waals surface area contributed by atoms with Crippen molar-refractivity contribution in [1.29, 1.82) is 0 Å². The summed E-state index contributed by atoms with van der Waals surface area (Å²) in [4.78, 5) is 0. The fourth-order valence-electron chi connectivity index (χ4n) is 4.23. The zero-order chi connectivity index (χ0) is 26.4. The van der Waals surface area contributed by atoms with Crippen molar-refractivity contribution in [2.24, 2.45) is 0 Å². The quantitative estimate of drug-likeness (QED) is 0.175. The topological polar surface area (TPSA) is 0 Å². The summed E-state index contributed by atoms with van der Waals surface area (Å²) in [5, 5.41) is 0. The molecule has 5 rings (SSSR count). The van der Waals surface area contributed by atoms with Gasteiger partial charge in [0.05, 0.1) is 0 Å². The number of rotatable bonds is 2. The summed E-state index contributed by atoms with van der Waals surface area (Å²) in [7, 11) is -0.952. The van der Waals surface area contributed by atoms with E-state index in [4.69, 9.17) is 0 Å². The van der Waals surface area contributed by atoms with Crippen molar-refractivity contribution in [3.05, 3.63) is 157 Å². The van der Waals surface area contributed by atoms with Gasteiger partial charge in [0, 0.05) is 8.07 Å². The first-order chi connectivity index (χ1) is 17.2. The maximum atomic E-state index is 3.72. The van der Waals surface area contributed by atoms with E-state index in [2.05, 4.69) is 53.4 Å². The van der Waals surface area contributed by atoms with Crippen LogP contribution in [-0.4, -0.2) is 8.07 Å². The molecule has 0 unspecified atom stereocenters. The van der Waals surface area contributed by atoms with Gasteiger partial charge < -0.3 is 0 Å². The monoisotopic (exact) mass is 540 g/mol. The van der Waals surface area contributed by atoms with E-state index in [0.717, 1.165) is 16.7 Å². The van der Waals surface area contributed by atoms with Crippen LogP contribution in [-0.2, 0) is 40.6 Å². The Morgan fingerprint density at radius 3 is 1.35 bits per heavy atom. The second kappa shape index (κ2) is 17.1. The van der Waals surface area contributed by atoms with E-state index in [-0.39, 0.29) is 21.7 Å². The van der Waals surface area contributed by atoms with Crippen LogP contribution in [0.1, 0.15) is 51.8 Å². The van der Waals surface area contributed by atoms with E-state index in [0.29, 0.717) is 0 Å². The summed E-state index contributed by atoms with van der Waals surface area (Å²) < 4.78 is 0. The van der Waals surface area contributed by atoms with Crippen molar-refractivity contribution < 1.29 is 21.7 Å². The van der Waals surface area contributed by atoms with Gasteiger partial charge in [-0.1, -0.05) is 76.5 Å². The number of hydrogen-bond acceptors (Lipinski definition) is 0. The van der Waals surface area contributed by atoms with Crippen LogP contribution in [0.15, 0.2) is 97.1 Å². The minimum absolute atomic E-state index is 0. The minimum Gasteiger partial charge on any atom is -0.207 e. The number of benzene rings is 3. The van der Waals surface area contributed by atoms with Crippen LogP contribution in [0, 0.1) is 27.7 Å². The van der Waals surface area contributed by atoms with Crippen molar-refractivity contribution in [1.82, 2.24) is 0 Å². The van der Waals surface area contributed by atoms with Crippen molar-refractivity contribution in [3.8, 4) is 0 Å².